The van der Waals surface area contributed by atoms with Gasteiger partial charge in [-0.1, -0.05) is 12.1 Å². The van der Waals surface area contributed by atoms with Gasteiger partial charge in [-0.15, -0.1) is 0 Å². The number of nitrogens with zero attached hydrogens (tertiary/aromatic N) is 4. The molecular formula is C35H43FN6O6. The number of carbonyl (C=O) groups is 3. The molecule has 256 valence electrons. The van der Waals surface area contributed by atoms with Gasteiger partial charge < -0.3 is 38.9 Å². The van der Waals surface area contributed by atoms with Gasteiger partial charge in [0, 0.05) is 44.7 Å². The Morgan fingerprint density at radius 1 is 1.12 bits per heavy atom. The third kappa shape index (κ3) is 7.04. The lowest BCUT2D eigenvalue weighted by atomic mass is 9.97. The van der Waals surface area contributed by atoms with Crippen molar-refractivity contribution in [2.24, 2.45) is 13.0 Å². The van der Waals surface area contributed by atoms with Crippen LogP contribution in [0.5, 0.6) is 5.75 Å². The van der Waals surface area contributed by atoms with Crippen LogP contribution in [0.3, 0.4) is 0 Å². The van der Waals surface area contributed by atoms with E-state index in [2.05, 4.69) is 25.8 Å². The summed E-state index contributed by atoms with van der Waals surface area (Å²) in [5, 5.41) is 5.99. The molecule has 0 unspecified atom stereocenters. The molecule has 0 saturated heterocycles. The third-order valence-corrected chi connectivity index (χ3v) is 8.65. The van der Waals surface area contributed by atoms with Crippen LogP contribution < -0.4 is 15.4 Å². The lowest BCUT2D eigenvalue weighted by Gasteiger charge is -2.31. The number of para-hydroxylation sites is 1. The van der Waals surface area contributed by atoms with Crippen molar-refractivity contribution in [1.29, 1.82) is 0 Å². The highest BCUT2D eigenvalue weighted by atomic mass is 19.1. The van der Waals surface area contributed by atoms with E-state index in [1.54, 1.807) is 25.7 Å². The molecular weight excluding hydrogens is 619 g/mol. The summed E-state index contributed by atoms with van der Waals surface area (Å²) in [5.41, 5.74) is 4.21. The van der Waals surface area contributed by atoms with E-state index in [1.165, 1.54) is 7.05 Å². The van der Waals surface area contributed by atoms with Crippen molar-refractivity contribution in [2.45, 2.75) is 58.2 Å². The molecule has 2 aliphatic rings. The molecule has 1 fully saturated rings. The van der Waals surface area contributed by atoms with Gasteiger partial charge in [-0.2, -0.15) is 0 Å². The van der Waals surface area contributed by atoms with Crippen LogP contribution in [0.4, 0.5) is 14.0 Å². The SMILES string of the molecule is CNC(=O)OCCOc1cccc2cc(-c3nc4cc5c(cc4n3C)CCN(C[C@@H](CF)NC(=O)OC(C)(C)C)C5=O)n(CC3CC3)c12. The molecule has 13 heteroatoms. The molecule has 1 atom stereocenters. The first-order valence-corrected chi connectivity index (χ1v) is 16.4. The quantitative estimate of drug-likeness (QED) is 0.211. The second-order valence-electron chi connectivity index (χ2n) is 13.5. The summed E-state index contributed by atoms with van der Waals surface area (Å²) in [5.74, 6) is 1.81. The zero-order valence-corrected chi connectivity index (χ0v) is 28.1. The van der Waals surface area contributed by atoms with Crippen LogP contribution in [-0.2, 0) is 29.5 Å². The van der Waals surface area contributed by atoms with Gasteiger partial charge in [0.05, 0.1) is 28.3 Å². The number of alkyl halides is 1. The number of alkyl carbamates (subject to hydrolysis) is 2. The molecule has 3 amide bonds. The van der Waals surface area contributed by atoms with Crippen molar-refractivity contribution in [3.63, 3.8) is 0 Å². The lowest BCUT2D eigenvalue weighted by molar-refractivity contribution is 0.0466. The number of aromatic nitrogens is 3. The highest BCUT2D eigenvalue weighted by Crippen LogP contribution is 2.39. The minimum absolute atomic E-state index is 0.0309. The number of hydrogen-bond acceptors (Lipinski definition) is 7. The molecule has 2 aromatic heterocycles. The maximum absolute atomic E-state index is 13.9. The zero-order valence-electron chi connectivity index (χ0n) is 28.1. The van der Waals surface area contributed by atoms with Crippen LogP contribution in [0.1, 0.15) is 49.5 Å². The van der Waals surface area contributed by atoms with Gasteiger partial charge in [0.25, 0.3) is 5.91 Å². The van der Waals surface area contributed by atoms with Gasteiger partial charge in [-0.05, 0) is 75.8 Å². The van der Waals surface area contributed by atoms with Crippen LogP contribution in [0.25, 0.3) is 33.5 Å². The Hall–Kier alpha value is -4.81. The van der Waals surface area contributed by atoms with Gasteiger partial charge in [-0.25, -0.2) is 19.0 Å². The number of rotatable bonds is 11. The van der Waals surface area contributed by atoms with E-state index in [-0.39, 0.29) is 25.7 Å². The summed E-state index contributed by atoms with van der Waals surface area (Å²) in [6, 6.07) is 11.0. The molecule has 12 nitrogen and oxygen atoms in total. The first kappa shape index (κ1) is 33.1. The molecule has 3 heterocycles. The van der Waals surface area contributed by atoms with E-state index in [0.717, 1.165) is 52.9 Å². The molecule has 1 aliphatic heterocycles. The van der Waals surface area contributed by atoms with E-state index in [4.69, 9.17) is 19.2 Å². The number of hydrogen-bond donors (Lipinski definition) is 2. The summed E-state index contributed by atoms with van der Waals surface area (Å²) in [6.07, 6.45) is 1.69. The van der Waals surface area contributed by atoms with Crippen molar-refractivity contribution in [3.05, 3.63) is 47.5 Å². The minimum Gasteiger partial charge on any atom is -0.488 e. The molecule has 0 radical (unpaired) electrons. The van der Waals surface area contributed by atoms with E-state index in [1.807, 2.05) is 37.4 Å². The Kier molecular flexibility index (Phi) is 9.22. The highest BCUT2D eigenvalue weighted by Gasteiger charge is 2.31. The standard InChI is InChI=1S/C35H43FN6O6/c1-35(2,3)48-34(45)38-24(18-36)20-41-12-11-22-15-27-26(17-25(22)32(41)43)39-31(40(27)5)28-16-23-7-6-8-29(46-13-14-47-33(44)37-4)30(23)42(28)19-21-9-10-21/h6-8,15-17,21,24H,9-14,18-20H2,1-5H3,(H,37,44)(H,38,45)/t24-/m1/s1. The van der Waals surface area contributed by atoms with E-state index in [0.29, 0.717) is 35.7 Å². The smallest absolute Gasteiger partial charge is 0.408 e. The Balaban J connectivity index is 1.28. The van der Waals surface area contributed by atoms with Crippen LogP contribution in [0.2, 0.25) is 0 Å². The second kappa shape index (κ2) is 13.4. The average molecular weight is 663 g/mol. The third-order valence-electron chi connectivity index (χ3n) is 8.65. The summed E-state index contributed by atoms with van der Waals surface area (Å²) in [4.78, 5) is 44.0. The Bertz CT molecular complexity index is 1860. The predicted octanol–water partition coefficient (Wildman–Crippen LogP) is 5.20. The molecule has 2 N–H and O–H groups in total. The topological polar surface area (TPSA) is 129 Å². The maximum atomic E-state index is 13.9. The summed E-state index contributed by atoms with van der Waals surface area (Å²) in [6.45, 7) is 5.95. The largest absolute Gasteiger partial charge is 0.488 e. The van der Waals surface area contributed by atoms with Crippen molar-refractivity contribution in [2.75, 3.05) is 40.0 Å². The number of aryl methyl sites for hydroxylation is 1. The number of ether oxygens (including phenoxy) is 3. The normalized spacial score (nSPS) is 15.4. The minimum atomic E-state index is -0.888. The number of amides is 3. The molecule has 2 aromatic carbocycles. The van der Waals surface area contributed by atoms with Crippen molar-refractivity contribution < 1.29 is 33.0 Å². The summed E-state index contributed by atoms with van der Waals surface area (Å²) < 4.78 is 34.8. The number of fused-ring (bicyclic) bond motifs is 3. The van der Waals surface area contributed by atoms with Gasteiger partial charge in [-0.3, -0.25) is 4.79 Å². The van der Waals surface area contributed by atoms with Crippen molar-refractivity contribution >= 4 is 40.0 Å². The van der Waals surface area contributed by atoms with Crippen LogP contribution in [-0.4, -0.2) is 88.8 Å². The van der Waals surface area contributed by atoms with E-state index >= 15 is 0 Å². The summed E-state index contributed by atoms with van der Waals surface area (Å²) >= 11 is 0. The molecule has 48 heavy (non-hydrogen) atoms. The molecule has 6 rings (SSSR count). The molecule has 0 bridgehead atoms. The van der Waals surface area contributed by atoms with Crippen LogP contribution in [0, 0.1) is 5.92 Å². The van der Waals surface area contributed by atoms with E-state index < -0.39 is 30.5 Å². The maximum Gasteiger partial charge on any atom is 0.408 e. The summed E-state index contributed by atoms with van der Waals surface area (Å²) in [7, 11) is 3.49. The van der Waals surface area contributed by atoms with Crippen molar-refractivity contribution in [3.8, 4) is 17.3 Å². The number of carbonyl (C=O) groups excluding carboxylic acids is 3. The van der Waals surface area contributed by atoms with Gasteiger partial charge >= 0.3 is 12.2 Å². The first-order chi connectivity index (χ1) is 23.0. The number of imidazole rings is 1. The predicted molar refractivity (Wildman–Crippen MR) is 179 cm³/mol. The fourth-order valence-corrected chi connectivity index (χ4v) is 6.19. The van der Waals surface area contributed by atoms with E-state index in [9.17, 15) is 18.8 Å². The zero-order chi connectivity index (χ0) is 34.2. The fourth-order valence-electron chi connectivity index (χ4n) is 6.19. The monoisotopic (exact) mass is 662 g/mol. The lowest BCUT2D eigenvalue weighted by Crippen LogP contribution is -2.50. The van der Waals surface area contributed by atoms with Gasteiger partial charge in [0.2, 0.25) is 0 Å². The first-order valence-electron chi connectivity index (χ1n) is 16.4. The fraction of sp³-hybridized carbons (Fsp3) is 0.486. The number of nitrogens with one attached hydrogen (secondary N) is 2. The highest BCUT2D eigenvalue weighted by molar-refractivity contribution is 6.01. The molecule has 1 aliphatic carbocycles. The van der Waals surface area contributed by atoms with Crippen LogP contribution in [0.15, 0.2) is 36.4 Å². The Labute approximate surface area is 278 Å². The number of benzene rings is 2. The molecule has 1 saturated carbocycles. The Morgan fingerprint density at radius 3 is 2.62 bits per heavy atom. The molecule has 4 aromatic rings. The average Bonchev–Trinajstić information content (AvgIpc) is 3.71. The van der Waals surface area contributed by atoms with Crippen LogP contribution >= 0.6 is 0 Å². The molecule has 0 spiro atoms. The van der Waals surface area contributed by atoms with Gasteiger partial charge in [0.15, 0.2) is 5.82 Å². The van der Waals surface area contributed by atoms with Crippen molar-refractivity contribution in [1.82, 2.24) is 29.7 Å². The van der Waals surface area contributed by atoms with Gasteiger partial charge in [0.1, 0.15) is 31.2 Å². The second-order valence-corrected chi connectivity index (χ2v) is 13.5. The number of halogens is 1. The Morgan fingerprint density at radius 2 is 1.92 bits per heavy atom.